The first-order valence-corrected chi connectivity index (χ1v) is 5.71. The predicted molar refractivity (Wildman–Crippen MR) is 70.4 cm³/mol. The molecule has 4 nitrogen and oxygen atoms in total. The topological polar surface area (TPSA) is 62.2 Å². The highest BCUT2D eigenvalue weighted by molar-refractivity contribution is 5.89. The van der Waals surface area contributed by atoms with Gasteiger partial charge in [0.05, 0.1) is 11.3 Å². The van der Waals surface area contributed by atoms with Crippen LogP contribution >= 0.6 is 0 Å². The van der Waals surface area contributed by atoms with E-state index in [0.29, 0.717) is 22.8 Å². The molecule has 5 heteroatoms. The number of carboxylic acids is 1. The molecule has 0 spiro atoms. The normalized spacial score (nSPS) is 10.3. The highest BCUT2D eigenvalue weighted by atomic mass is 19.1. The van der Waals surface area contributed by atoms with Gasteiger partial charge in [-0.3, -0.25) is 0 Å². The van der Waals surface area contributed by atoms with E-state index in [0.717, 1.165) is 0 Å². The molecule has 1 aromatic carbocycles. The summed E-state index contributed by atoms with van der Waals surface area (Å²) in [4.78, 5) is 15.0. The van der Waals surface area contributed by atoms with Crippen molar-refractivity contribution >= 4 is 17.5 Å². The Bertz CT molecular complexity index is 641. The monoisotopic (exact) mass is 260 g/mol. The van der Waals surface area contributed by atoms with Crippen molar-refractivity contribution in [2.75, 3.05) is 5.32 Å². The second-order valence-corrected chi connectivity index (χ2v) is 4.22. The summed E-state index contributed by atoms with van der Waals surface area (Å²) >= 11 is 0. The van der Waals surface area contributed by atoms with Crippen molar-refractivity contribution in [1.82, 2.24) is 4.98 Å². The molecule has 0 saturated carbocycles. The highest BCUT2D eigenvalue weighted by Crippen LogP contribution is 2.19. The minimum Gasteiger partial charge on any atom is -0.478 e. The van der Waals surface area contributed by atoms with Gasteiger partial charge in [0, 0.05) is 5.69 Å². The second kappa shape index (κ2) is 5.06. The number of pyridine rings is 1. The Kier molecular flexibility index (Phi) is 3.46. The lowest BCUT2D eigenvalue weighted by Crippen LogP contribution is -2.03. The number of rotatable bonds is 3. The molecule has 2 rings (SSSR count). The van der Waals surface area contributed by atoms with Crippen LogP contribution in [0.3, 0.4) is 0 Å². The Morgan fingerprint density at radius 1 is 1.26 bits per heavy atom. The van der Waals surface area contributed by atoms with E-state index < -0.39 is 5.97 Å². The van der Waals surface area contributed by atoms with Crippen molar-refractivity contribution in [3.63, 3.8) is 0 Å². The summed E-state index contributed by atoms with van der Waals surface area (Å²) in [5.74, 6) is -0.840. The average molecular weight is 260 g/mol. The zero-order chi connectivity index (χ0) is 14.0. The standard InChI is InChI=1S/C14H13FN2O2/c1-8-3-4-10(7-12(8)15)17-13-6-5-11(14(18)19)9(2)16-13/h3-7H,1-2H3,(H,16,17)(H,18,19). The Morgan fingerprint density at radius 2 is 2.00 bits per heavy atom. The first-order chi connectivity index (χ1) is 8.97. The first-order valence-electron chi connectivity index (χ1n) is 5.71. The van der Waals surface area contributed by atoms with E-state index in [2.05, 4.69) is 10.3 Å². The van der Waals surface area contributed by atoms with Crippen LogP contribution in [0.4, 0.5) is 15.9 Å². The summed E-state index contributed by atoms with van der Waals surface area (Å²) in [6, 6.07) is 7.79. The summed E-state index contributed by atoms with van der Waals surface area (Å²) in [5.41, 5.74) is 1.69. The zero-order valence-electron chi connectivity index (χ0n) is 10.6. The van der Waals surface area contributed by atoms with Gasteiger partial charge >= 0.3 is 5.97 Å². The third-order valence-electron chi connectivity index (χ3n) is 2.76. The van der Waals surface area contributed by atoms with Crippen molar-refractivity contribution in [2.45, 2.75) is 13.8 Å². The van der Waals surface area contributed by atoms with Gasteiger partial charge in [0.25, 0.3) is 0 Å². The van der Waals surface area contributed by atoms with Crippen molar-refractivity contribution in [3.8, 4) is 0 Å². The minimum atomic E-state index is -1.02. The first kappa shape index (κ1) is 13.0. The van der Waals surface area contributed by atoms with Crippen molar-refractivity contribution < 1.29 is 14.3 Å². The van der Waals surface area contributed by atoms with Crippen LogP contribution in [-0.4, -0.2) is 16.1 Å². The quantitative estimate of drug-likeness (QED) is 0.889. The van der Waals surface area contributed by atoms with E-state index in [-0.39, 0.29) is 11.4 Å². The van der Waals surface area contributed by atoms with E-state index in [1.54, 1.807) is 32.0 Å². The number of benzene rings is 1. The maximum absolute atomic E-state index is 13.4. The summed E-state index contributed by atoms with van der Waals surface area (Å²) in [6.07, 6.45) is 0. The Balaban J connectivity index is 2.26. The smallest absolute Gasteiger partial charge is 0.337 e. The predicted octanol–water partition coefficient (Wildman–Crippen LogP) is 3.28. The third kappa shape index (κ3) is 2.88. The second-order valence-electron chi connectivity index (χ2n) is 4.22. The molecule has 0 radical (unpaired) electrons. The molecule has 0 aliphatic heterocycles. The number of aryl methyl sites for hydroxylation is 2. The number of nitrogens with zero attached hydrogens (tertiary/aromatic N) is 1. The highest BCUT2D eigenvalue weighted by Gasteiger charge is 2.09. The maximum Gasteiger partial charge on any atom is 0.337 e. The zero-order valence-corrected chi connectivity index (χ0v) is 10.6. The molecule has 19 heavy (non-hydrogen) atoms. The van der Waals surface area contributed by atoms with Gasteiger partial charge < -0.3 is 10.4 Å². The van der Waals surface area contributed by atoms with Crippen molar-refractivity contribution in [3.05, 3.63) is 53.0 Å². The molecule has 98 valence electrons. The molecule has 0 bridgehead atoms. The number of hydrogen-bond donors (Lipinski definition) is 2. The van der Waals surface area contributed by atoms with Gasteiger partial charge in [-0.05, 0) is 43.7 Å². The number of aromatic nitrogens is 1. The van der Waals surface area contributed by atoms with Crippen molar-refractivity contribution in [2.24, 2.45) is 0 Å². The fourth-order valence-electron chi connectivity index (χ4n) is 1.68. The largest absolute Gasteiger partial charge is 0.478 e. The van der Waals surface area contributed by atoms with Crippen LogP contribution < -0.4 is 5.32 Å². The van der Waals surface area contributed by atoms with Crippen LogP contribution in [0.15, 0.2) is 30.3 Å². The number of nitrogens with one attached hydrogen (secondary N) is 1. The minimum absolute atomic E-state index is 0.153. The van der Waals surface area contributed by atoms with E-state index in [4.69, 9.17) is 5.11 Å². The summed E-state index contributed by atoms with van der Waals surface area (Å²) in [6.45, 7) is 3.30. The number of hydrogen-bond acceptors (Lipinski definition) is 3. The van der Waals surface area contributed by atoms with Crippen molar-refractivity contribution in [1.29, 1.82) is 0 Å². The van der Waals surface area contributed by atoms with Gasteiger partial charge in [-0.25, -0.2) is 14.2 Å². The molecular weight excluding hydrogens is 247 g/mol. The molecule has 2 N–H and O–H groups in total. The van der Waals surface area contributed by atoms with Gasteiger partial charge in [0.1, 0.15) is 11.6 Å². The van der Waals surface area contributed by atoms with Crippen LogP contribution in [0.1, 0.15) is 21.6 Å². The van der Waals surface area contributed by atoms with Crippen LogP contribution in [0.25, 0.3) is 0 Å². The Hall–Kier alpha value is -2.43. The number of carboxylic acid groups (broad SMARTS) is 1. The Morgan fingerprint density at radius 3 is 2.58 bits per heavy atom. The summed E-state index contributed by atoms with van der Waals surface area (Å²) < 4.78 is 13.4. The van der Waals surface area contributed by atoms with E-state index >= 15 is 0 Å². The van der Waals surface area contributed by atoms with Gasteiger partial charge in [0.15, 0.2) is 0 Å². The fourth-order valence-corrected chi connectivity index (χ4v) is 1.68. The Labute approximate surface area is 109 Å². The van der Waals surface area contributed by atoms with Crippen LogP contribution in [-0.2, 0) is 0 Å². The molecule has 1 aromatic heterocycles. The lowest BCUT2D eigenvalue weighted by atomic mass is 10.2. The summed E-state index contributed by atoms with van der Waals surface area (Å²) in [7, 11) is 0. The lowest BCUT2D eigenvalue weighted by molar-refractivity contribution is 0.0695. The fraction of sp³-hybridized carbons (Fsp3) is 0.143. The van der Waals surface area contributed by atoms with E-state index in [1.165, 1.54) is 12.1 Å². The molecule has 0 unspecified atom stereocenters. The van der Waals surface area contributed by atoms with Gasteiger partial charge in [-0.15, -0.1) is 0 Å². The van der Waals surface area contributed by atoms with Crippen LogP contribution in [0.5, 0.6) is 0 Å². The van der Waals surface area contributed by atoms with E-state index in [9.17, 15) is 9.18 Å². The van der Waals surface area contributed by atoms with E-state index in [1.807, 2.05) is 0 Å². The average Bonchev–Trinajstić information content (AvgIpc) is 2.33. The summed E-state index contributed by atoms with van der Waals surface area (Å²) in [5, 5.41) is 11.8. The molecule has 0 fully saturated rings. The van der Waals surface area contributed by atoms with Crippen LogP contribution in [0, 0.1) is 19.7 Å². The lowest BCUT2D eigenvalue weighted by Gasteiger charge is -2.08. The molecule has 0 saturated heterocycles. The van der Waals surface area contributed by atoms with Gasteiger partial charge in [0.2, 0.25) is 0 Å². The molecular formula is C14H13FN2O2. The number of halogens is 1. The molecule has 0 amide bonds. The molecule has 0 atom stereocenters. The molecule has 0 aliphatic rings. The molecule has 2 aromatic rings. The SMILES string of the molecule is Cc1ccc(Nc2ccc(C(=O)O)c(C)n2)cc1F. The third-order valence-corrected chi connectivity index (χ3v) is 2.76. The van der Waals surface area contributed by atoms with Gasteiger partial charge in [-0.1, -0.05) is 6.07 Å². The molecule has 0 aliphatic carbocycles. The van der Waals surface area contributed by atoms with Gasteiger partial charge in [-0.2, -0.15) is 0 Å². The maximum atomic E-state index is 13.4. The molecule has 1 heterocycles. The number of carbonyl (C=O) groups is 1. The number of anilines is 2. The number of aromatic carboxylic acids is 1. The van der Waals surface area contributed by atoms with Crippen LogP contribution in [0.2, 0.25) is 0 Å².